The number of nitrogens with one attached hydrogen (secondary N) is 1. The monoisotopic (exact) mass is 488 g/mol. The van der Waals surface area contributed by atoms with Crippen LogP contribution in [0.5, 0.6) is 11.5 Å². The molecule has 0 bridgehead atoms. The Bertz CT molecular complexity index is 1300. The summed E-state index contributed by atoms with van der Waals surface area (Å²) in [4.78, 5) is 12.9. The van der Waals surface area contributed by atoms with Crippen molar-refractivity contribution in [3.63, 3.8) is 0 Å². The molecule has 1 aromatic heterocycles. The molecular weight excluding hydrogens is 460 g/mol. The molecule has 7 nitrogen and oxygen atoms in total. The number of nitrogens with zero attached hydrogens (tertiary/aromatic N) is 3. The first kappa shape index (κ1) is 24.3. The molecule has 1 amide bonds. The SMILES string of the molecule is COc1cc(OC)cc(C(=O)NCc2nnc(SCc3cccc(C)c3)n2-c2ccc(C)cc2)c1. The molecule has 0 atom stereocenters. The molecule has 3 aromatic carbocycles. The fraction of sp³-hybridized carbons (Fsp3) is 0.222. The van der Waals surface area contributed by atoms with Crippen LogP contribution in [0, 0.1) is 13.8 Å². The van der Waals surface area contributed by atoms with E-state index in [1.54, 1.807) is 44.2 Å². The Morgan fingerprint density at radius 3 is 2.29 bits per heavy atom. The molecule has 4 aromatic rings. The van der Waals surface area contributed by atoms with Crippen LogP contribution in [0.3, 0.4) is 0 Å². The molecule has 1 N–H and O–H groups in total. The van der Waals surface area contributed by atoms with E-state index >= 15 is 0 Å². The highest BCUT2D eigenvalue weighted by Crippen LogP contribution is 2.26. The summed E-state index contributed by atoms with van der Waals surface area (Å²) in [5, 5.41) is 12.6. The quantitative estimate of drug-likeness (QED) is 0.329. The maximum absolute atomic E-state index is 12.9. The Morgan fingerprint density at radius 1 is 0.914 bits per heavy atom. The summed E-state index contributed by atoms with van der Waals surface area (Å²) < 4.78 is 12.6. The Morgan fingerprint density at radius 2 is 1.63 bits per heavy atom. The van der Waals surface area contributed by atoms with E-state index in [-0.39, 0.29) is 12.5 Å². The Labute approximate surface area is 209 Å². The molecule has 35 heavy (non-hydrogen) atoms. The third-order valence-corrected chi connectivity index (χ3v) is 6.46. The van der Waals surface area contributed by atoms with Gasteiger partial charge in [-0.05, 0) is 43.7 Å². The second kappa shape index (κ2) is 11.1. The molecule has 0 saturated heterocycles. The topological polar surface area (TPSA) is 78.3 Å². The van der Waals surface area contributed by atoms with Gasteiger partial charge in [-0.25, -0.2) is 0 Å². The summed E-state index contributed by atoms with van der Waals surface area (Å²) in [6.07, 6.45) is 0. The van der Waals surface area contributed by atoms with Crippen molar-refractivity contribution in [2.24, 2.45) is 0 Å². The number of carbonyl (C=O) groups excluding carboxylic acids is 1. The number of aryl methyl sites for hydroxylation is 2. The summed E-state index contributed by atoms with van der Waals surface area (Å²) >= 11 is 1.61. The fourth-order valence-corrected chi connectivity index (χ4v) is 4.52. The molecule has 0 aliphatic rings. The Kier molecular flexibility index (Phi) is 7.72. The number of methoxy groups -OCH3 is 2. The highest BCUT2D eigenvalue weighted by Gasteiger charge is 2.17. The van der Waals surface area contributed by atoms with Gasteiger partial charge in [-0.15, -0.1) is 10.2 Å². The molecule has 4 rings (SSSR count). The van der Waals surface area contributed by atoms with Gasteiger partial charge in [0.15, 0.2) is 11.0 Å². The van der Waals surface area contributed by atoms with Crippen LogP contribution in [-0.4, -0.2) is 34.9 Å². The lowest BCUT2D eigenvalue weighted by molar-refractivity contribution is 0.0949. The number of carbonyl (C=O) groups is 1. The second-order valence-corrected chi connectivity index (χ2v) is 9.07. The maximum Gasteiger partial charge on any atom is 0.251 e. The van der Waals surface area contributed by atoms with E-state index in [0.717, 1.165) is 22.2 Å². The van der Waals surface area contributed by atoms with Crippen LogP contribution in [0.4, 0.5) is 0 Å². The molecule has 0 unspecified atom stereocenters. The zero-order valence-electron chi connectivity index (χ0n) is 20.2. The van der Waals surface area contributed by atoms with Gasteiger partial charge < -0.3 is 14.8 Å². The first-order valence-electron chi connectivity index (χ1n) is 11.2. The van der Waals surface area contributed by atoms with Gasteiger partial charge in [-0.2, -0.15) is 0 Å². The second-order valence-electron chi connectivity index (χ2n) is 8.13. The molecule has 0 spiro atoms. The van der Waals surface area contributed by atoms with Crippen LogP contribution >= 0.6 is 11.8 Å². The first-order valence-corrected chi connectivity index (χ1v) is 12.2. The minimum absolute atomic E-state index is 0.213. The van der Waals surface area contributed by atoms with Crippen molar-refractivity contribution < 1.29 is 14.3 Å². The van der Waals surface area contributed by atoms with Crippen LogP contribution in [0.1, 0.15) is 32.9 Å². The van der Waals surface area contributed by atoms with Crippen molar-refractivity contribution in [1.29, 1.82) is 0 Å². The third-order valence-electron chi connectivity index (χ3n) is 5.46. The van der Waals surface area contributed by atoms with Gasteiger partial charge in [0.05, 0.1) is 20.8 Å². The number of thioether (sulfide) groups is 1. The smallest absolute Gasteiger partial charge is 0.251 e. The van der Waals surface area contributed by atoms with Crippen molar-refractivity contribution in [2.75, 3.05) is 14.2 Å². The lowest BCUT2D eigenvalue weighted by Crippen LogP contribution is -2.24. The minimum atomic E-state index is -0.255. The van der Waals surface area contributed by atoms with Crippen molar-refractivity contribution in [2.45, 2.75) is 31.3 Å². The van der Waals surface area contributed by atoms with Gasteiger partial charge in [-0.3, -0.25) is 9.36 Å². The van der Waals surface area contributed by atoms with E-state index in [2.05, 4.69) is 58.8 Å². The molecule has 0 aliphatic heterocycles. The van der Waals surface area contributed by atoms with Crippen molar-refractivity contribution in [1.82, 2.24) is 20.1 Å². The van der Waals surface area contributed by atoms with Crippen LogP contribution in [0.25, 0.3) is 5.69 Å². The number of rotatable bonds is 9. The van der Waals surface area contributed by atoms with E-state index in [0.29, 0.717) is 22.9 Å². The number of amides is 1. The van der Waals surface area contributed by atoms with Crippen molar-refractivity contribution in [3.05, 3.63) is 94.8 Å². The molecular formula is C27H28N4O3S. The van der Waals surface area contributed by atoms with E-state index in [4.69, 9.17) is 9.47 Å². The average Bonchev–Trinajstić information content (AvgIpc) is 3.28. The lowest BCUT2D eigenvalue weighted by Gasteiger charge is -2.12. The van der Waals surface area contributed by atoms with Gasteiger partial charge in [0.1, 0.15) is 11.5 Å². The van der Waals surface area contributed by atoms with Gasteiger partial charge in [0, 0.05) is 23.1 Å². The Balaban J connectivity index is 1.57. The summed E-state index contributed by atoms with van der Waals surface area (Å²) in [7, 11) is 3.10. The van der Waals surface area contributed by atoms with E-state index in [1.807, 2.05) is 23.6 Å². The van der Waals surface area contributed by atoms with E-state index in [9.17, 15) is 4.79 Å². The van der Waals surface area contributed by atoms with Crippen LogP contribution in [-0.2, 0) is 12.3 Å². The molecule has 0 saturated carbocycles. The van der Waals surface area contributed by atoms with Gasteiger partial charge in [0.2, 0.25) is 0 Å². The van der Waals surface area contributed by atoms with Crippen molar-refractivity contribution in [3.8, 4) is 17.2 Å². The predicted octanol–water partition coefficient (Wildman–Crippen LogP) is 5.12. The highest BCUT2D eigenvalue weighted by molar-refractivity contribution is 7.98. The Hall–Kier alpha value is -3.78. The maximum atomic E-state index is 12.9. The molecule has 1 heterocycles. The van der Waals surface area contributed by atoms with E-state index in [1.165, 1.54) is 11.1 Å². The highest BCUT2D eigenvalue weighted by atomic mass is 32.2. The zero-order valence-corrected chi connectivity index (χ0v) is 21.1. The molecule has 0 fully saturated rings. The normalized spacial score (nSPS) is 10.7. The first-order chi connectivity index (χ1) is 17.0. The molecule has 0 radical (unpaired) electrons. The van der Waals surface area contributed by atoms with Crippen LogP contribution < -0.4 is 14.8 Å². The summed E-state index contributed by atoms with van der Waals surface area (Å²) in [6, 6.07) is 21.7. The fourth-order valence-electron chi connectivity index (χ4n) is 3.61. The largest absolute Gasteiger partial charge is 0.497 e. The predicted molar refractivity (Wildman–Crippen MR) is 138 cm³/mol. The molecule has 0 aliphatic carbocycles. The lowest BCUT2D eigenvalue weighted by atomic mass is 10.2. The van der Waals surface area contributed by atoms with Crippen molar-refractivity contribution >= 4 is 17.7 Å². The average molecular weight is 489 g/mol. The molecule has 180 valence electrons. The van der Waals surface area contributed by atoms with Gasteiger partial charge >= 0.3 is 0 Å². The van der Waals surface area contributed by atoms with Crippen LogP contribution in [0.2, 0.25) is 0 Å². The zero-order chi connectivity index (χ0) is 24.8. The number of aromatic nitrogens is 3. The standard InChI is InChI=1S/C27H28N4O3S/c1-18-8-10-22(11-9-18)31-25(29-30-27(31)35-17-20-7-5-6-19(2)12-20)16-28-26(32)21-13-23(33-3)15-24(14-21)34-4/h5-15H,16-17H2,1-4H3,(H,28,32). The number of benzene rings is 3. The number of ether oxygens (including phenoxy) is 2. The number of hydrogen-bond acceptors (Lipinski definition) is 6. The van der Waals surface area contributed by atoms with Crippen LogP contribution in [0.15, 0.2) is 71.9 Å². The third kappa shape index (κ3) is 6.02. The van der Waals surface area contributed by atoms with E-state index < -0.39 is 0 Å². The summed E-state index contributed by atoms with van der Waals surface area (Å²) in [5.74, 6) is 2.25. The van der Waals surface area contributed by atoms with Gasteiger partial charge in [0.25, 0.3) is 5.91 Å². The van der Waals surface area contributed by atoms with Gasteiger partial charge in [-0.1, -0.05) is 59.3 Å². The summed E-state index contributed by atoms with van der Waals surface area (Å²) in [5.41, 5.74) is 4.99. The minimum Gasteiger partial charge on any atom is -0.497 e. The summed E-state index contributed by atoms with van der Waals surface area (Å²) in [6.45, 7) is 4.35. The number of hydrogen-bond donors (Lipinski definition) is 1. The molecule has 8 heteroatoms.